The minimum absolute atomic E-state index is 0.0976. The van der Waals surface area contributed by atoms with Crippen molar-refractivity contribution in [2.24, 2.45) is 5.73 Å². The number of hydrogen-bond acceptors (Lipinski definition) is 7. The SMILES string of the molecule is CC.CC.CC.CC.CC.NCc1ccc(CCC(=O)CCc2cccnc2)cc1.O=C(CCc1ccc(CNC(=O)C(=O)Cc2ccccc2)cc1)CCc1cccnc1. The number of carbonyl (C=O) groups is 4. The molecule has 0 unspecified atom stereocenters. The Kier molecular flexibility index (Phi) is 37.5. The molecule has 8 nitrogen and oxygen atoms in total. The summed E-state index contributed by atoms with van der Waals surface area (Å²) >= 11 is 0. The lowest BCUT2D eigenvalue weighted by Crippen LogP contribution is -2.31. The number of aryl methyl sites for hydroxylation is 4. The standard InChI is InChI=1S/C26H26N2O3.C17H20N2O.5C2H6/c29-24(15-13-22-7-4-16-27-18-22)14-12-20-8-10-23(11-9-20)19-28-26(31)25(30)17-21-5-2-1-3-6-21;18-12-15-5-3-14(4-6-15)7-9-17(20)10-8-16-2-1-11-19-13-16;5*1-2/h1-11,16,18H,12-15,17,19H2,(H,28,31);1-6,11,13H,7-10,12,18H2;5*1-2H3. The molecule has 0 fully saturated rings. The van der Waals surface area contributed by atoms with E-state index in [2.05, 4.69) is 27.4 Å². The normalized spacial score (nSPS) is 9.23. The van der Waals surface area contributed by atoms with Gasteiger partial charge in [-0.2, -0.15) is 0 Å². The lowest BCUT2D eigenvalue weighted by atomic mass is 10.0. The lowest BCUT2D eigenvalue weighted by Gasteiger charge is -2.07. The van der Waals surface area contributed by atoms with E-state index in [1.807, 2.05) is 166 Å². The van der Waals surface area contributed by atoms with Crippen molar-refractivity contribution in [1.29, 1.82) is 0 Å². The van der Waals surface area contributed by atoms with E-state index < -0.39 is 11.7 Å². The molecule has 332 valence electrons. The molecule has 0 aliphatic rings. The topological polar surface area (TPSA) is 132 Å². The van der Waals surface area contributed by atoms with Crippen LogP contribution in [0, 0.1) is 0 Å². The number of pyridine rings is 2. The molecular formula is C53H76N4O4. The molecule has 3 aromatic carbocycles. The summed E-state index contributed by atoms with van der Waals surface area (Å²) in [6, 6.07) is 32.9. The van der Waals surface area contributed by atoms with Crippen LogP contribution in [0.4, 0.5) is 0 Å². The molecule has 0 saturated carbocycles. The zero-order chi connectivity index (χ0) is 46.1. The average Bonchev–Trinajstić information content (AvgIpc) is 3.35. The average molecular weight is 833 g/mol. The molecule has 0 bridgehead atoms. The second kappa shape index (κ2) is 39.8. The molecule has 1 amide bonds. The van der Waals surface area contributed by atoms with Gasteiger partial charge in [0.1, 0.15) is 11.6 Å². The maximum Gasteiger partial charge on any atom is 0.287 e. The molecule has 0 aliphatic carbocycles. The molecule has 2 heterocycles. The summed E-state index contributed by atoms with van der Waals surface area (Å²) in [5, 5.41) is 2.67. The first kappa shape index (κ1) is 57.5. The summed E-state index contributed by atoms with van der Waals surface area (Å²) in [5.41, 5.74) is 12.9. The number of nitrogens with one attached hydrogen (secondary N) is 1. The van der Waals surface area contributed by atoms with Crippen molar-refractivity contribution in [3.8, 4) is 0 Å². The number of rotatable bonds is 18. The maximum atomic E-state index is 12.1. The minimum Gasteiger partial charge on any atom is -0.345 e. The van der Waals surface area contributed by atoms with Gasteiger partial charge in [0.25, 0.3) is 5.91 Å². The second-order valence-electron chi connectivity index (χ2n) is 12.4. The van der Waals surface area contributed by atoms with Gasteiger partial charge in [-0.05, 0) is 76.8 Å². The van der Waals surface area contributed by atoms with Gasteiger partial charge in [0.2, 0.25) is 5.78 Å². The highest BCUT2D eigenvalue weighted by Crippen LogP contribution is 2.11. The molecule has 0 radical (unpaired) electrons. The Balaban J connectivity index is 0. The Morgan fingerprint density at radius 3 is 1.18 bits per heavy atom. The molecule has 0 atom stereocenters. The predicted molar refractivity (Wildman–Crippen MR) is 256 cm³/mol. The van der Waals surface area contributed by atoms with Crippen LogP contribution in [-0.4, -0.2) is 33.2 Å². The second-order valence-corrected chi connectivity index (χ2v) is 12.4. The number of carbonyl (C=O) groups excluding carboxylic acids is 4. The van der Waals surface area contributed by atoms with Crippen LogP contribution in [0.25, 0.3) is 0 Å². The summed E-state index contributed by atoms with van der Waals surface area (Å²) < 4.78 is 0. The Bertz CT molecular complexity index is 1800. The number of hydrogen-bond donors (Lipinski definition) is 2. The van der Waals surface area contributed by atoms with Crippen molar-refractivity contribution in [1.82, 2.24) is 15.3 Å². The fourth-order valence-electron chi connectivity index (χ4n) is 5.29. The number of aromatic nitrogens is 2. The zero-order valence-corrected chi connectivity index (χ0v) is 39.0. The predicted octanol–water partition coefficient (Wildman–Crippen LogP) is 11.4. The smallest absolute Gasteiger partial charge is 0.287 e. The van der Waals surface area contributed by atoms with E-state index in [0.717, 1.165) is 46.2 Å². The van der Waals surface area contributed by atoms with Gasteiger partial charge < -0.3 is 11.1 Å². The fraction of sp³-hybridized carbons (Fsp3) is 0.396. The molecule has 0 saturated heterocycles. The first-order valence-corrected chi connectivity index (χ1v) is 22.4. The van der Waals surface area contributed by atoms with Gasteiger partial charge in [0.05, 0.1) is 0 Å². The molecule has 5 aromatic rings. The van der Waals surface area contributed by atoms with Crippen LogP contribution in [0.2, 0.25) is 0 Å². The van der Waals surface area contributed by atoms with Crippen molar-refractivity contribution < 1.29 is 19.2 Å². The van der Waals surface area contributed by atoms with Gasteiger partial charge in [-0.3, -0.25) is 29.1 Å². The molecule has 0 aliphatic heterocycles. The van der Waals surface area contributed by atoms with Gasteiger partial charge >= 0.3 is 0 Å². The van der Waals surface area contributed by atoms with E-state index in [-0.39, 0.29) is 12.2 Å². The minimum atomic E-state index is -0.577. The number of amides is 1. The largest absolute Gasteiger partial charge is 0.345 e. The first-order chi connectivity index (χ1) is 29.9. The molecule has 0 spiro atoms. The molecule has 5 rings (SSSR count). The van der Waals surface area contributed by atoms with Crippen LogP contribution in [-0.2, 0) is 64.4 Å². The van der Waals surface area contributed by atoms with Crippen molar-refractivity contribution in [3.05, 3.63) is 167 Å². The number of nitrogens with zero attached hydrogens (tertiary/aromatic N) is 2. The highest BCUT2D eigenvalue weighted by atomic mass is 16.2. The quantitative estimate of drug-likeness (QED) is 0.0840. The van der Waals surface area contributed by atoms with E-state index in [1.54, 1.807) is 18.6 Å². The summed E-state index contributed by atoms with van der Waals surface area (Å²) in [6.45, 7) is 20.9. The van der Waals surface area contributed by atoms with Crippen LogP contribution in [0.5, 0.6) is 0 Å². The van der Waals surface area contributed by atoms with Crippen molar-refractivity contribution >= 4 is 23.3 Å². The number of benzene rings is 3. The highest BCUT2D eigenvalue weighted by molar-refractivity contribution is 6.36. The Morgan fingerprint density at radius 1 is 0.443 bits per heavy atom. The van der Waals surface area contributed by atoms with Gasteiger partial charge in [-0.25, -0.2) is 0 Å². The number of Topliss-reactive ketones (excluding diaryl/α,β-unsaturated/α-hetero) is 3. The van der Waals surface area contributed by atoms with Crippen molar-refractivity contribution in [2.75, 3.05) is 0 Å². The van der Waals surface area contributed by atoms with Gasteiger partial charge in [-0.1, -0.05) is 160 Å². The molecule has 2 aromatic heterocycles. The molecule has 8 heteroatoms. The summed E-state index contributed by atoms with van der Waals surface area (Å²) in [5.74, 6) is -0.492. The summed E-state index contributed by atoms with van der Waals surface area (Å²) in [6.07, 6.45) is 12.4. The third-order valence-electron chi connectivity index (χ3n) is 8.41. The third kappa shape index (κ3) is 27.7. The first-order valence-electron chi connectivity index (χ1n) is 22.4. The number of ketones is 3. The van der Waals surface area contributed by atoms with Crippen LogP contribution < -0.4 is 11.1 Å². The van der Waals surface area contributed by atoms with Crippen LogP contribution in [0.15, 0.2) is 128 Å². The highest BCUT2D eigenvalue weighted by Gasteiger charge is 2.14. The summed E-state index contributed by atoms with van der Waals surface area (Å²) in [4.78, 5) is 56.2. The van der Waals surface area contributed by atoms with E-state index in [9.17, 15) is 19.2 Å². The Labute approximate surface area is 369 Å². The van der Waals surface area contributed by atoms with E-state index in [1.165, 1.54) is 5.56 Å². The molecule has 3 N–H and O–H groups in total. The van der Waals surface area contributed by atoms with Crippen LogP contribution in [0.3, 0.4) is 0 Å². The van der Waals surface area contributed by atoms with Crippen LogP contribution in [0.1, 0.15) is 134 Å². The molecular weight excluding hydrogens is 757 g/mol. The van der Waals surface area contributed by atoms with Crippen LogP contribution >= 0.6 is 0 Å². The Morgan fingerprint density at radius 2 is 0.803 bits per heavy atom. The van der Waals surface area contributed by atoms with Gasteiger partial charge in [0.15, 0.2) is 0 Å². The summed E-state index contributed by atoms with van der Waals surface area (Å²) in [7, 11) is 0. The fourth-order valence-corrected chi connectivity index (χ4v) is 5.29. The van der Waals surface area contributed by atoms with E-state index in [4.69, 9.17) is 5.73 Å². The van der Waals surface area contributed by atoms with Gasteiger partial charge in [-0.15, -0.1) is 0 Å². The lowest BCUT2D eigenvalue weighted by molar-refractivity contribution is -0.137. The van der Waals surface area contributed by atoms with Crippen molar-refractivity contribution in [2.45, 2.75) is 140 Å². The number of nitrogens with two attached hydrogens (primary N) is 1. The Hall–Kier alpha value is -5.60. The van der Waals surface area contributed by atoms with E-state index >= 15 is 0 Å². The third-order valence-corrected chi connectivity index (χ3v) is 8.41. The maximum absolute atomic E-state index is 12.1. The molecule has 61 heavy (non-hydrogen) atoms. The van der Waals surface area contributed by atoms with E-state index in [0.29, 0.717) is 57.4 Å². The van der Waals surface area contributed by atoms with Crippen molar-refractivity contribution in [3.63, 3.8) is 0 Å². The van der Waals surface area contributed by atoms with Gasteiger partial charge in [0, 0.05) is 70.0 Å². The monoisotopic (exact) mass is 833 g/mol. The zero-order valence-electron chi connectivity index (χ0n) is 39.0.